The number of piperazine rings is 1. The van der Waals surface area contributed by atoms with E-state index in [2.05, 4.69) is 10.2 Å². The summed E-state index contributed by atoms with van der Waals surface area (Å²) in [6.07, 6.45) is 1.56. The number of anilines is 2. The highest BCUT2D eigenvalue weighted by Crippen LogP contribution is 2.31. The third kappa shape index (κ3) is 4.51. The number of nitro benzene ring substituents is 1. The Kier molecular flexibility index (Phi) is 6.25. The fraction of sp³-hybridized carbons (Fsp3) is 0.261. The molecule has 1 aliphatic rings. The van der Waals surface area contributed by atoms with Crippen molar-refractivity contribution < 1.29 is 18.9 Å². The van der Waals surface area contributed by atoms with Crippen molar-refractivity contribution in [1.82, 2.24) is 4.90 Å². The van der Waals surface area contributed by atoms with Crippen LogP contribution in [-0.2, 0) is 6.54 Å². The van der Waals surface area contributed by atoms with E-state index < -0.39 is 4.92 Å². The number of rotatable bonds is 7. The van der Waals surface area contributed by atoms with E-state index in [-0.39, 0.29) is 11.6 Å². The molecule has 1 aromatic heterocycles. The Morgan fingerprint density at radius 2 is 1.91 bits per heavy atom. The highest BCUT2D eigenvalue weighted by molar-refractivity contribution is 5.97. The Bertz CT molecular complexity index is 1090. The smallest absolute Gasteiger partial charge is 0.292 e. The number of carbonyl (C=O) groups is 1. The van der Waals surface area contributed by atoms with Gasteiger partial charge in [-0.1, -0.05) is 12.1 Å². The van der Waals surface area contributed by atoms with Crippen LogP contribution in [0.2, 0.25) is 0 Å². The number of nitro groups is 1. The second kappa shape index (κ2) is 9.42. The van der Waals surface area contributed by atoms with Crippen molar-refractivity contribution in [3.05, 3.63) is 82.3 Å². The molecule has 0 aliphatic carbocycles. The maximum absolute atomic E-state index is 12.9. The number of ether oxygens (including phenoxy) is 1. The second-order valence-corrected chi connectivity index (χ2v) is 7.37. The second-order valence-electron chi connectivity index (χ2n) is 7.37. The van der Waals surface area contributed by atoms with Gasteiger partial charge in [0.05, 0.1) is 30.4 Å². The molecule has 0 bridgehead atoms. The first kappa shape index (κ1) is 21.2. The highest BCUT2D eigenvalue weighted by Gasteiger charge is 2.25. The average Bonchev–Trinajstić information content (AvgIpc) is 3.36. The zero-order chi connectivity index (χ0) is 22.5. The fourth-order valence-corrected chi connectivity index (χ4v) is 3.78. The Morgan fingerprint density at radius 3 is 2.59 bits per heavy atom. The molecule has 0 unspecified atom stereocenters. The molecule has 4 rings (SSSR count). The van der Waals surface area contributed by atoms with Crippen LogP contribution in [0.3, 0.4) is 0 Å². The molecule has 0 spiro atoms. The van der Waals surface area contributed by atoms with E-state index in [1.807, 2.05) is 12.1 Å². The Labute approximate surface area is 185 Å². The molecule has 166 valence electrons. The number of furan rings is 1. The first-order valence-electron chi connectivity index (χ1n) is 10.3. The minimum absolute atomic E-state index is 0.00490. The van der Waals surface area contributed by atoms with Crippen LogP contribution in [0.1, 0.15) is 16.1 Å². The Hall–Kier alpha value is -4.01. The Morgan fingerprint density at radius 1 is 1.12 bits per heavy atom. The normalized spacial score (nSPS) is 13.7. The van der Waals surface area contributed by atoms with Gasteiger partial charge in [0.15, 0.2) is 0 Å². The van der Waals surface area contributed by atoms with Gasteiger partial charge in [0.25, 0.3) is 11.6 Å². The first-order chi connectivity index (χ1) is 15.6. The molecule has 2 aromatic carbocycles. The van der Waals surface area contributed by atoms with Gasteiger partial charge in [0.2, 0.25) is 0 Å². The molecule has 1 aliphatic heterocycles. The molecule has 9 nitrogen and oxygen atoms in total. The molecule has 0 atom stereocenters. The molecule has 1 saturated heterocycles. The van der Waals surface area contributed by atoms with E-state index in [4.69, 9.17) is 9.15 Å². The van der Waals surface area contributed by atoms with E-state index in [1.54, 1.807) is 54.7 Å². The van der Waals surface area contributed by atoms with Crippen LogP contribution in [0.4, 0.5) is 17.1 Å². The van der Waals surface area contributed by atoms with Crippen LogP contribution < -0.4 is 15.0 Å². The van der Waals surface area contributed by atoms with Crippen LogP contribution in [-0.4, -0.2) is 49.0 Å². The molecule has 2 heterocycles. The predicted molar refractivity (Wildman–Crippen MR) is 120 cm³/mol. The van der Waals surface area contributed by atoms with Gasteiger partial charge in [-0.3, -0.25) is 14.9 Å². The lowest BCUT2D eigenvalue weighted by atomic mass is 10.1. The third-order valence-corrected chi connectivity index (χ3v) is 5.48. The summed E-state index contributed by atoms with van der Waals surface area (Å²) >= 11 is 0. The summed E-state index contributed by atoms with van der Waals surface area (Å²) in [4.78, 5) is 27.9. The average molecular weight is 436 g/mol. The van der Waals surface area contributed by atoms with Crippen molar-refractivity contribution in [2.45, 2.75) is 6.54 Å². The summed E-state index contributed by atoms with van der Waals surface area (Å²) in [6.45, 7) is 2.68. The standard InChI is InChI=1S/C23H24N4O5/c1-31-22-7-3-2-6-19(22)23(28)26-12-10-25(11-13-26)17-8-9-21(27(29)30)20(15-17)24-16-18-5-4-14-32-18/h2-9,14-15,24H,10-13,16H2,1H3. The van der Waals surface area contributed by atoms with Gasteiger partial charge >= 0.3 is 0 Å². The molecule has 1 N–H and O–H groups in total. The van der Waals surface area contributed by atoms with Gasteiger partial charge in [-0.2, -0.15) is 0 Å². The lowest BCUT2D eigenvalue weighted by molar-refractivity contribution is -0.384. The molecule has 1 amide bonds. The number of nitrogens with zero attached hydrogens (tertiary/aromatic N) is 3. The summed E-state index contributed by atoms with van der Waals surface area (Å²) in [7, 11) is 1.55. The van der Waals surface area contributed by atoms with Gasteiger partial charge < -0.3 is 24.3 Å². The van der Waals surface area contributed by atoms with E-state index in [0.717, 1.165) is 5.69 Å². The summed E-state index contributed by atoms with van der Waals surface area (Å²) in [5.74, 6) is 1.18. The van der Waals surface area contributed by atoms with Crippen molar-refractivity contribution in [3.8, 4) is 5.75 Å². The number of benzene rings is 2. The highest BCUT2D eigenvalue weighted by atomic mass is 16.6. The largest absolute Gasteiger partial charge is 0.496 e. The number of nitrogens with one attached hydrogen (secondary N) is 1. The number of carbonyl (C=O) groups excluding carboxylic acids is 1. The molecule has 0 radical (unpaired) electrons. The van der Waals surface area contributed by atoms with Crippen molar-refractivity contribution in [2.75, 3.05) is 43.5 Å². The van der Waals surface area contributed by atoms with Crippen LogP contribution in [0.5, 0.6) is 5.75 Å². The minimum atomic E-state index is -0.405. The van der Waals surface area contributed by atoms with E-state index in [0.29, 0.717) is 55.5 Å². The molecule has 0 saturated carbocycles. The fourth-order valence-electron chi connectivity index (χ4n) is 3.78. The maximum Gasteiger partial charge on any atom is 0.292 e. The summed E-state index contributed by atoms with van der Waals surface area (Å²) < 4.78 is 10.6. The zero-order valence-corrected chi connectivity index (χ0v) is 17.7. The van der Waals surface area contributed by atoms with Crippen molar-refractivity contribution in [1.29, 1.82) is 0 Å². The van der Waals surface area contributed by atoms with Crippen molar-refractivity contribution in [3.63, 3.8) is 0 Å². The van der Waals surface area contributed by atoms with Crippen LogP contribution in [0.15, 0.2) is 65.3 Å². The molecule has 9 heteroatoms. The lowest BCUT2D eigenvalue weighted by Crippen LogP contribution is -2.48. The topological polar surface area (TPSA) is 101 Å². The molecular formula is C23H24N4O5. The SMILES string of the molecule is COc1ccccc1C(=O)N1CCN(c2ccc([N+](=O)[O-])c(NCc3ccco3)c2)CC1. The lowest BCUT2D eigenvalue weighted by Gasteiger charge is -2.36. The van der Waals surface area contributed by atoms with Gasteiger partial charge in [-0.25, -0.2) is 0 Å². The minimum Gasteiger partial charge on any atom is -0.496 e. The first-order valence-corrected chi connectivity index (χ1v) is 10.3. The predicted octanol–water partition coefficient (Wildman–Crippen LogP) is 3.77. The number of para-hydroxylation sites is 1. The van der Waals surface area contributed by atoms with E-state index in [9.17, 15) is 14.9 Å². The molecular weight excluding hydrogens is 412 g/mol. The number of hydrogen-bond acceptors (Lipinski definition) is 7. The van der Waals surface area contributed by atoms with Gasteiger partial charge in [0.1, 0.15) is 17.2 Å². The van der Waals surface area contributed by atoms with E-state index in [1.165, 1.54) is 6.07 Å². The van der Waals surface area contributed by atoms with Gasteiger partial charge in [0, 0.05) is 37.9 Å². The van der Waals surface area contributed by atoms with Crippen LogP contribution >= 0.6 is 0 Å². The summed E-state index contributed by atoms with van der Waals surface area (Å²) in [6, 6.07) is 15.8. The van der Waals surface area contributed by atoms with Gasteiger partial charge in [-0.15, -0.1) is 0 Å². The Balaban J connectivity index is 1.45. The third-order valence-electron chi connectivity index (χ3n) is 5.48. The summed E-state index contributed by atoms with van der Waals surface area (Å²) in [5.41, 5.74) is 1.84. The van der Waals surface area contributed by atoms with Gasteiger partial charge in [-0.05, 0) is 36.4 Å². The van der Waals surface area contributed by atoms with E-state index >= 15 is 0 Å². The maximum atomic E-state index is 12.9. The molecule has 32 heavy (non-hydrogen) atoms. The quantitative estimate of drug-likeness (QED) is 0.444. The van der Waals surface area contributed by atoms with Crippen LogP contribution in [0.25, 0.3) is 0 Å². The number of amides is 1. The van der Waals surface area contributed by atoms with Crippen molar-refractivity contribution >= 4 is 23.0 Å². The van der Waals surface area contributed by atoms with Crippen molar-refractivity contribution in [2.24, 2.45) is 0 Å². The zero-order valence-electron chi connectivity index (χ0n) is 17.7. The number of methoxy groups -OCH3 is 1. The number of hydrogen-bond donors (Lipinski definition) is 1. The molecule has 3 aromatic rings. The molecule has 1 fully saturated rings. The summed E-state index contributed by atoms with van der Waals surface area (Å²) in [5, 5.41) is 14.5. The van der Waals surface area contributed by atoms with Crippen LogP contribution in [0, 0.1) is 10.1 Å². The monoisotopic (exact) mass is 436 g/mol.